The highest BCUT2D eigenvalue weighted by molar-refractivity contribution is 6.46. The molecule has 29 heavy (non-hydrogen) atoms. The molecular formula is C22H23NO6. The largest absolute Gasteiger partial charge is 0.507 e. The molecule has 1 aliphatic heterocycles. The SMILES string of the molecule is COc1ccc(C2/C(=C(\O)c3ccccc3)C(=O)C(=O)N2CCOCCO)cc1. The van der Waals surface area contributed by atoms with Gasteiger partial charge >= 0.3 is 0 Å². The molecule has 0 aliphatic carbocycles. The molecule has 3 rings (SSSR count). The van der Waals surface area contributed by atoms with Crippen LogP contribution in [0.2, 0.25) is 0 Å². The van der Waals surface area contributed by atoms with Gasteiger partial charge in [-0.15, -0.1) is 0 Å². The Labute approximate surface area is 168 Å². The molecule has 7 heteroatoms. The topological polar surface area (TPSA) is 96.3 Å². The standard InChI is InChI=1S/C22H23NO6/c1-28-17-9-7-15(8-10-17)19-18(20(25)16-5-3-2-4-6-16)21(26)22(27)23(19)11-13-29-14-12-24/h2-10,19,24-25H,11-14H2,1H3/b20-18+. The van der Waals surface area contributed by atoms with Crippen molar-refractivity contribution in [3.05, 3.63) is 71.3 Å². The van der Waals surface area contributed by atoms with Gasteiger partial charge in [-0.1, -0.05) is 42.5 Å². The number of rotatable bonds is 8. The first-order chi connectivity index (χ1) is 14.1. The predicted octanol–water partition coefficient (Wildman–Crippen LogP) is 2.13. The molecule has 1 saturated heterocycles. The number of likely N-dealkylation sites (tertiary alicyclic amines) is 1. The van der Waals surface area contributed by atoms with Crippen LogP contribution in [0.4, 0.5) is 0 Å². The van der Waals surface area contributed by atoms with Gasteiger partial charge in [-0.3, -0.25) is 9.59 Å². The van der Waals surface area contributed by atoms with Gasteiger partial charge in [-0.25, -0.2) is 0 Å². The molecule has 0 saturated carbocycles. The number of amides is 1. The van der Waals surface area contributed by atoms with E-state index in [0.717, 1.165) is 0 Å². The number of nitrogens with zero attached hydrogens (tertiary/aromatic N) is 1. The molecule has 1 atom stereocenters. The van der Waals surface area contributed by atoms with Crippen molar-refractivity contribution in [3.63, 3.8) is 0 Å². The summed E-state index contributed by atoms with van der Waals surface area (Å²) in [6, 6.07) is 14.9. The van der Waals surface area contributed by atoms with Crippen LogP contribution in [-0.2, 0) is 14.3 Å². The normalized spacial score (nSPS) is 18.3. The van der Waals surface area contributed by atoms with Gasteiger partial charge in [0.15, 0.2) is 0 Å². The molecular weight excluding hydrogens is 374 g/mol. The lowest BCUT2D eigenvalue weighted by molar-refractivity contribution is -0.140. The monoisotopic (exact) mass is 397 g/mol. The Kier molecular flexibility index (Phi) is 6.64. The Balaban J connectivity index is 2.04. The maximum atomic E-state index is 12.8. The molecule has 152 valence electrons. The number of ketones is 1. The zero-order chi connectivity index (χ0) is 20.8. The predicted molar refractivity (Wildman–Crippen MR) is 106 cm³/mol. The van der Waals surface area contributed by atoms with Crippen molar-refractivity contribution >= 4 is 17.4 Å². The van der Waals surface area contributed by atoms with Gasteiger partial charge in [0.2, 0.25) is 0 Å². The van der Waals surface area contributed by atoms with E-state index in [2.05, 4.69) is 0 Å². The highest BCUT2D eigenvalue weighted by Crippen LogP contribution is 2.39. The summed E-state index contributed by atoms with van der Waals surface area (Å²) in [5, 5.41) is 19.7. The molecule has 0 aromatic heterocycles. The van der Waals surface area contributed by atoms with E-state index in [0.29, 0.717) is 16.9 Å². The maximum absolute atomic E-state index is 12.8. The van der Waals surface area contributed by atoms with E-state index in [-0.39, 0.29) is 37.7 Å². The van der Waals surface area contributed by atoms with Gasteiger partial charge < -0.3 is 24.6 Å². The molecule has 1 heterocycles. The first kappa shape index (κ1) is 20.6. The quantitative estimate of drug-likeness (QED) is 0.307. The van der Waals surface area contributed by atoms with E-state index < -0.39 is 17.7 Å². The van der Waals surface area contributed by atoms with E-state index in [9.17, 15) is 14.7 Å². The Hall–Kier alpha value is -3.16. The smallest absolute Gasteiger partial charge is 0.295 e. The number of Topliss-reactive ketones (excluding diaryl/α,β-unsaturated/α-hetero) is 1. The van der Waals surface area contributed by atoms with E-state index in [1.54, 1.807) is 61.7 Å². The fraction of sp³-hybridized carbons (Fsp3) is 0.273. The molecule has 1 unspecified atom stereocenters. The Morgan fingerprint density at radius 2 is 1.72 bits per heavy atom. The lowest BCUT2D eigenvalue weighted by Crippen LogP contribution is -2.33. The molecule has 0 spiro atoms. The molecule has 2 N–H and O–H groups in total. The van der Waals surface area contributed by atoms with Crippen molar-refractivity contribution in [1.82, 2.24) is 4.90 Å². The van der Waals surface area contributed by atoms with Gasteiger partial charge in [0.05, 0.1) is 38.5 Å². The summed E-state index contributed by atoms with van der Waals surface area (Å²) >= 11 is 0. The van der Waals surface area contributed by atoms with Crippen molar-refractivity contribution in [2.24, 2.45) is 0 Å². The second-order valence-corrected chi connectivity index (χ2v) is 6.47. The van der Waals surface area contributed by atoms with Gasteiger partial charge in [0.25, 0.3) is 11.7 Å². The van der Waals surface area contributed by atoms with Crippen LogP contribution in [0.3, 0.4) is 0 Å². The van der Waals surface area contributed by atoms with E-state index >= 15 is 0 Å². The van der Waals surface area contributed by atoms with Crippen LogP contribution in [0.25, 0.3) is 5.76 Å². The third-order valence-electron chi connectivity index (χ3n) is 4.73. The van der Waals surface area contributed by atoms with Crippen LogP contribution in [0.1, 0.15) is 17.2 Å². The van der Waals surface area contributed by atoms with E-state index in [4.69, 9.17) is 14.6 Å². The van der Waals surface area contributed by atoms with Crippen LogP contribution in [0.15, 0.2) is 60.2 Å². The summed E-state index contributed by atoms with van der Waals surface area (Å²) in [6.45, 7) is 0.314. The van der Waals surface area contributed by atoms with Crippen molar-refractivity contribution in [1.29, 1.82) is 0 Å². The zero-order valence-electron chi connectivity index (χ0n) is 16.1. The first-order valence-electron chi connectivity index (χ1n) is 9.25. The second kappa shape index (κ2) is 9.36. The number of aliphatic hydroxyl groups is 2. The van der Waals surface area contributed by atoms with Crippen LogP contribution >= 0.6 is 0 Å². The summed E-state index contributed by atoms with van der Waals surface area (Å²) in [4.78, 5) is 26.9. The lowest BCUT2D eigenvalue weighted by Gasteiger charge is -2.25. The van der Waals surface area contributed by atoms with Crippen LogP contribution in [0.5, 0.6) is 5.75 Å². The first-order valence-corrected chi connectivity index (χ1v) is 9.25. The number of aliphatic hydroxyl groups excluding tert-OH is 2. The molecule has 1 aliphatic rings. The van der Waals surface area contributed by atoms with Crippen molar-refractivity contribution in [3.8, 4) is 5.75 Å². The third kappa shape index (κ3) is 4.31. The Bertz CT molecular complexity index is 891. The number of carbonyl (C=O) groups excluding carboxylic acids is 2. The van der Waals surface area contributed by atoms with E-state index in [1.807, 2.05) is 0 Å². The summed E-state index contributed by atoms with van der Waals surface area (Å²) in [6.07, 6.45) is 0. The third-order valence-corrected chi connectivity index (χ3v) is 4.73. The van der Waals surface area contributed by atoms with Gasteiger partial charge in [0, 0.05) is 12.1 Å². The summed E-state index contributed by atoms with van der Waals surface area (Å²) in [5.41, 5.74) is 1.17. The maximum Gasteiger partial charge on any atom is 0.295 e. The Morgan fingerprint density at radius 1 is 1.03 bits per heavy atom. The van der Waals surface area contributed by atoms with Gasteiger partial charge in [0.1, 0.15) is 11.5 Å². The minimum absolute atomic E-state index is 0.0357. The van der Waals surface area contributed by atoms with Crippen LogP contribution in [0, 0.1) is 0 Å². The van der Waals surface area contributed by atoms with Gasteiger partial charge in [-0.2, -0.15) is 0 Å². The summed E-state index contributed by atoms with van der Waals surface area (Å²) in [7, 11) is 1.55. The number of hydrogen-bond acceptors (Lipinski definition) is 6. The minimum atomic E-state index is -0.751. The average Bonchev–Trinajstić information content (AvgIpc) is 3.01. The van der Waals surface area contributed by atoms with Gasteiger partial charge in [-0.05, 0) is 17.7 Å². The average molecular weight is 397 g/mol. The fourth-order valence-electron chi connectivity index (χ4n) is 3.32. The van der Waals surface area contributed by atoms with Crippen LogP contribution in [-0.4, -0.2) is 60.3 Å². The van der Waals surface area contributed by atoms with Crippen molar-refractivity contribution in [2.75, 3.05) is 33.5 Å². The van der Waals surface area contributed by atoms with E-state index in [1.165, 1.54) is 4.90 Å². The minimum Gasteiger partial charge on any atom is -0.507 e. The fourth-order valence-corrected chi connectivity index (χ4v) is 3.32. The zero-order valence-corrected chi connectivity index (χ0v) is 16.1. The summed E-state index contributed by atoms with van der Waals surface area (Å²) in [5.74, 6) is -1.02. The molecule has 1 amide bonds. The molecule has 2 aromatic rings. The second-order valence-electron chi connectivity index (χ2n) is 6.47. The molecule has 0 radical (unpaired) electrons. The van der Waals surface area contributed by atoms with Crippen molar-refractivity contribution < 1.29 is 29.3 Å². The highest BCUT2D eigenvalue weighted by Gasteiger charge is 2.45. The number of methoxy groups -OCH3 is 1. The van der Waals surface area contributed by atoms with Crippen LogP contribution < -0.4 is 4.74 Å². The number of benzene rings is 2. The molecule has 0 bridgehead atoms. The van der Waals surface area contributed by atoms with Crippen molar-refractivity contribution in [2.45, 2.75) is 6.04 Å². The molecule has 1 fully saturated rings. The summed E-state index contributed by atoms with van der Waals surface area (Å²) < 4.78 is 10.5. The number of ether oxygens (including phenoxy) is 2. The number of hydrogen-bond donors (Lipinski definition) is 2. The molecule has 7 nitrogen and oxygen atoms in total. The molecule has 2 aromatic carbocycles. The highest BCUT2D eigenvalue weighted by atomic mass is 16.5. The Morgan fingerprint density at radius 3 is 2.34 bits per heavy atom. The lowest BCUT2D eigenvalue weighted by atomic mass is 9.95. The number of carbonyl (C=O) groups is 2.